The molecule has 3 rings (SSSR count). The van der Waals surface area contributed by atoms with Gasteiger partial charge in [-0.1, -0.05) is 6.92 Å². The van der Waals surface area contributed by atoms with Gasteiger partial charge in [0.05, 0.1) is 23.6 Å². The fraction of sp³-hybridized carbons (Fsp3) is 0.381. The molecule has 148 valence electrons. The Morgan fingerprint density at radius 1 is 1.18 bits per heavy atom. The second-order valence-electron chi connectivity index (χ2n) is 6.94. The van der Waals surface area contributed by atoms with Gasteiger partial charge in [0.1, 0.15) is 11.6 Å². The summed E-state index contributed by atoms with van der Waals surface area (Å²) in [6.07, 6.45) is 2.41. The molecule has 0 saturated heterocycles. The van der Waals surface area contributed by atoms with Gasteiger partial charge in [-0.05, 0) is 44.3 Å². The van der Waals surface area contributed by atoms with Crippen molar-refractivity contribution >= 4 is 16.7 Å². The van der Waals surface area contributed by atoms with Crippen LogP contribution in [0.4, 0.5) is 5.82 Å². The summed E-state index contributed by atoms with van der Waals surface area (Å²) in [7, 11) is 7.62. The third-order valence-corrected chi connectivity index (χ3v) is 4.67. The van der Waals surface area contributed by atoms with Crippen molar-refractivity contribution in [2.45, 2.75) is 13.3 Å². The number of hydrogen-bond donors (Lipinski definition) is 0. The normalized spacial score (nSPS) is 11.2. The molecule has 0 N–H and O–H groups in total. The van der Waals surface area contributed by atoms with Crippen molar-refractivity contribution in [1.29, 1.82) is 0 Å². The molecule has 7 nitrogen and oxygen atoms in total. The largest absolute Gasteiger partial charge is 0.497 e. The van der Waals surface area contributed by atoms with Crippen molar-refractivity contribution in [3.05, 3.63) is 46.4 Å². The van der Waals surface area contributed by atoms with Crippen LogP contribution in [0.3, 0.4) is 0 Å². The van der Waals surface area contributed by atoms with Gasteiger partial charge in [0.2, 0.25) is 5.89 Å². The molecule has 2 aromatic heterocycles. The third-order valence-electron chi connectivity index (χ3n) is 4.67. The fourth-order valence-electron chi connectivity index (χ4n) is 3.09. The molecular formula is C21H26N4O3. The van der Waals surface area contributed by atoms with Crippen molar-refractivity contribution in [1.82, 2.24) is 14.9 Å². The van der Waals surface area contributed by atoms with Crippen LogP contribution in [-0.2, 0) is 6.42 Å². The van der Waals surface area contributed by atoms with Crippen LogP contribution < -0.4 is 15.3 Å². The highest BCUT2D eigenvalue weighted by Gasteiger charge is 2.18. The van der Waals surface area contributed by atoms with Gasteiger partial charge < -0.3 is 19.0 Å². The standard InChI is InChI=1S/C21H26N4O3/c1-6-14-12-15(27-5)13-17-18(14)21(26)28-20(23-17)16-8-7-9-22-19(16)25(4)11-10-24(2)3/h7-9,12-13H,6,10-11H2,1-5H3. The molecule has 0 radical (unpaired) electrons. The highest BCUT2D eigenvalue weighted by Crippen LogP contribution is 2.29. The van der Waals surface area contributed by atoms with Crippen molar-refractivity contribution in [2.24, 2.45) is 0 Å². The predicted molar refractivity (Wildman–Crippen MR) is 111 cm³/mol. The molecule has 3 aromatic rings. The minimum absolute atomic E-state index is 0.257. The Morgan fingerprint density at radius 2 is 1.96 bits per heavy atom. The maximum Gasteiger partial charge on any atom is 0.347 e. The SMILES string of the molecule is CCc1cc(OC)cc2nc(-c3cccnc3N(C)CCN(C)C)oc(=O)c12. The van der Waals surface area contributed by atoms with Crippen LogP contribution in [0, 0.1) is 0 Å². The molecular weight excluding hydrogens is 356 g/mol. The number of anilines is 1. The lowest BCUT2D eigenvalue weighted by atomic mass is 10.1. The van der Waals surface area contributed by atoms with Crippen molar-refractivity contribution in [3.8, 4) is 17.2 Å². The lowest BCUT2D eigenvalue weighted by Crippen LogP contribution is -2.29. The summed E-state index contributed by atoms with van der Waals surface area (Å²) in [5.74, 6) is 1.65. The van der Waals surface area contributed by atoms with Gasteiger partial charge in [0, 0.05) is 32.4 Å². The van der Waals surface area contributed by atoms with E-state index >= 15 is 0 Å². The molecule has 2 heterocycles. The molecule has 1 aromatic carbocycles. The first kappa shape index (κ1) is 19.8. The number of fused-ring (bicyclic) bond motifs is 1. The first-order valence-electron chi connectivity index (χ1n) is 9.27. The van der Waals surface area contributed by atoms with Crippen molar-refractivity contribution < 1.29 is 9.15 Å². The Balaban J connectivity index is 2.13. The first-order chi connectivity index (χ1) is 13.4. The van der Waals surface area contributed by atoms with E-state index in [0.717, 1.165) is 24.5 Å². The van der Waals surface area contributed by atoms with Crippen LogP contribution in [0.25, 0.3) is 22.4 Å². The second kappa shape index (κ2) is 8.39. The van der Waals surface area contributed by atoms with E-state index in [1.54, 1.807) is 19.4 Å². The number of aromatic nitrogens is 2. The summed E-state index contributed by atoms with van der Waals surface area (Å²) in [5, 5.41) is 0.499. The topological polar surface area (TPSA) is 71.7 Å². The van der Waals surface area contributed by atoms with Crippen LogP contribution in [0.2, 0.25) is 0 Å². The smallest absolute Gasteiger partial charge is 0.347 e. The fourth-order valence-corrected chi connectivity index (χ4v) is 3.09. The zero-order valence-corrected chi connectivity index (χ0v) is 17.0. The number of aryl methyl sites for hydroxylation is 1. The maximum atomic E-state index is 12.8. The van der Waals surface area contributed by atoms with Crippen molar-refractivity contribution in [3.63, 3.8) is 0 Å². The number of hydrogen-bond acceptors (Lipinski definition) is 7. The van der Waals surface area contributed by atoms with E-state index in [2.05, 4.69) is 14.9 Å². The van der Waals surface area contributed by atoms with E-state index in [4.69, 9.17) is 9.15 Å². The van der Waals surface area contributed by atoms with Gasteiger partial charge in [-0.2, -0.15) is 0 Å². The number of ether oxygens (including phenoxy) is 1. The number of rotatable bonds is 7. The van der Waals surface area contributed by atoms with Gasteiger partial charge in [0.25, 0.3) is 0 Å². The molecule has 0 aliphatic rings. The minimum Gasteiger partial charge on any atom is -0.497 e. The Labute approximate surface area is 164 Å². The Morgan fingerprint density at radius 3 is 2.64 bits per heavy atom. The molecule has 0 saturated carbocycles. The van der Waals surface area contributed by atoms with Crippen LogP contribution in [0.15, 0.2) is 39.7 Å². The Kier molecular flexibility index (Phi) is 5.94. The summed E-state index contributed by atoms with van der Waals surface area (Å²) >= 11 is 0. The zero-order chi connectivity index (χ0) is 20.3. The lowest BCUT2D eigenvalue weighted by molar-refractivity contribution is 0.414. The summed E-state index contributed by atoms with van der Waals surface area (Å²) in [6, 6.07) is 7.30. The van der Waals surface area contributed by atoms with Gasteiger partial charge >= 0.3 is 5.63 Å². The van der Waals surface area contributed by atoms with Gasteiger partial charge in [0.15, 0.2) is 0 Å². The van der Waals surface area contributed by atoms with Crippen LogP contribution in [0.1, 0.15) is 12.5 Å². The highest BCUT2D eigenvalue weighted by molar-refractivity contribution is 5.84. The van der Waals surface area contributed by atoms with Gasteiger partial charge in [-0.25, -0.2) is 14.8 Å². The van der Waals surface area contributed by atoms with E-state index in [-0.39, 0.29) is 5.89 Å². The lowest BCUT2D eigenvalue weighted by Gasteiger charge is -2.22. The van der Waals surface area contributed by atoms with Crippen LogP contribution >= 0.6 is 0 Å². The number of methoxy groups -OCH3 is 1. The van der Waals surface area contributed by atoms with E-state index in [0.29, 0.717) is 28.6 Å². The van der Waals surface area contributed by atoms with Crippen LogP contribution in [0.5, 0.6) is 5.75 Å². The minimum atomic E-state index is -0.398. The Hall–Kier alpha value is -2.93. The first-order valence-corrected chi connectivity index (χ1v) is 9.27. The second-order valence-corrected chi connectivity index (χ2v) is 6.94. The summed E-state index contributed by atoms with van der Waals surface area (Å²) < 4.78 is 11.0. The highest BCUT2D eigenvalue weighted by atomic mass is 16.5. The maximum absolute atomic E-state index is 12.8. The molecule has 0 spiro atoms. The van der Waals surface area contributed by atoms with E-state index in [1.807, 2.05) is 51.2 Å². The molecule has 0 unspecified atom stereocenters. The number of benzene rings is 1. The Bertz CT molecular complexity index is 1030. The summed E-state index contributed by atoms with van der Waals surface area (Å²) in [5.41, 5.74) is 1.71. The molecule has 0 aliphatic carbocycles. The zero-order valence-electron chi connectivity index (χ0n) is 17.0. The average molecular weight is 382 g/mol. The van der Waals surface area contributed by atoms with E-state index in [9.17, 15) is 4.79 Å². The number of pyridine rings is 1. The monoisotopic (exact) mass is 382 g/mol. The molecule has 28 heavy (non-hydrogen) atoms. The molecule has 0 amide bonds. The quantitative estimate of drug-likeness (QED) is 0.622. The molecule has 0 bridgehead atoms. The number of nitrogens with zero attached hydrogens (tertiary/aromatic N) is 4. The average Bonchev–Trinajstić information content (AvgIpc) is 2.70. The molecule has 0 atom stereocenters. The van der Waals surface area contributed by atoms with Gasteiger partial charge in [-0.3, -0.25) is 0 Å². The summed E-state index contributed by atoms with van der Waals surface area (Å²) in [6.45, 7) is 3.64. The predicted octanol–water partition coefficient (Wildman–Crippen LogP) is 2.82. The molecule has 0 aliphatic heterocycles. The molecule has 7 heteroatoms. The van der Waals surface area contributed by atoms with Crippen molar-refractivity contribution in [2.75, 3.05) is 46.2 Å². The van der Waals surface area contributed by atoms with Gasteiger partial charge in [-0.15, -0.1) is 0 Å². The third kappa shape index (κ3) is 3.99. The molecule has 0 fully saturated rings. The summed E-state index contributed by atoms with van der Waals surface area (Å²) in [4.78, 5) is 26.0. The number of likely N-dealkylation sites (N-methyl/N-ethyl adjacent to an activating group) is 2. The van der Waals surface area contributed by atoms with E-state index in [1.165, 1.54) is 0 Å². The van der Waals surface area contributed by atoms with E-state index < -0.39 is 5.63 Å². The van der Waals surface area contributed by atoms with Crippen LogP contribution in [-0.4, -0.2) is 56.2 Å².